The van der Waals surface area contributed by atoms with E-state index in [1.807, 2.05) is 26.0 Å². The van der Waals surface area contributed by atoms with Gasteiger partial charge in [-0.15, -0.1) is 0 Å². The van der Waals surface area contributed by atoms with Crippen LogP contribution in [0.2, 0.25) is 19.6 Å². The molecule has 0 radical (unpaired) electrons. The molecule has 0 aromatic heterocycles. The fourth-order valence-electron chi connectivity index (χ4n) is 2.00. The van der Waals surface area contributed by atoms with Crippen molar-refractivity contribution in [3.63, 3.8) is 0 Å². The molecule has 0 amide bonds. The van der Waals surface area contributed by atoms with Crippen molar-refractivity contribution in [2.75, 3.05) is 0 Å². The average molecular weight is 250 g/mol. The summed E-state index contributed by atoms with van der Waals surface area (Å²) in [5.74, 6) is -1.02. The molecular weight excluding hydrogens is 228 g/mol. The number of carbonyl (C=O) groups is 1. The molecule has 0 aliphatic rings. The lowest BCUT2D eigenvalue weighted by atomic mass is 9.89. The monoisotopic (exact) mass is 250 g/mol. The van der Waals surface area contributed by atoms with Gasteiger partial charge in [0.2, 0.25) is 0 Å². The Kier molecular flexibility index (Phi) is 4.15. The molecule has 17 heavy (non-hydrogen) atoms. The number of aliphatic carboxylic acids is 1. The Balaban J connectivity index is 3.05. The minimum atomic E-state index is -1.29. The van der Waals surface area contributed by atoms with Crippen molar-refractivity contribution in [2.45, 2.75) is 39.4 Å². The van der Waals surface area contributed by atoms with E-state index in [4.69, 9.17) is 0 Å². The number of hydrogen-bond acceptors (Lipinski definition) is 1. The number of carboxylic acid groups (broad SMARTS) is 1. The van der Waals surface area contributed by atoms with Crippen LogP contribution in [0.1, 0.15) is 25.3 Å². The summed E-state index contributed by atoms with van der Waals surface area (Å²) >= 11 is 0. The minimum Gasteiger partial charge on any atom is -0.481 e. The number of benzene rings is 1. The molecule has 3 heteroatoms. The molecule has 0 fully saturated rings. The molecule has 2 nitrogen and oxygen atoms in total. The summed E-state index contributed by atoms with van der Waals surface area (Å²) < 4.78 is 0. The third-order valence-corrected chi connectivity index (χ3v) is 5.13. The van der Waals surface area contributed by atoms with Gasteiger partial charge in [0.15, 0.2) is 0 Å². The fraction of sp³-hybridized carbons (Fsp3) is 0.500. The van der Waals surface area contributed by atoms with Crippen LogP contribution < -0.4 is 5.19 Å². The maximum atomic E-state index is 11.2. The molecule has 1 aromatic rings. The van der Waals surface area contributed by atoms with Gasteiger partial charge >= 0.3 is 5.97 Å². The van der Waals surface area contributed by atoms with Crippen molar-refractivity contribution >= 4 is 19.2 Å². The Bertz CT molecular complexity index is 388. The fourth-order valence-corrected chi connectivity index (χ4v) is 3.17. The Morgan fingerprint density at radius 1 is 1.12 bits per heavy atom. The maximum Gasteiger partial charge on any atom is 0.311 e. The van der Waals surface area contributed by atoms with Gasteiger partial charge in [0.05, 0.1) is 14.0 Å². The van der Waals surface area contributed by atoms with Crippen molar-refractivity contribution in [3.05, 3.63) is 29.8 Å². The van der Waals surface area contributed by atoms with Crippen molar-refractivity contribution in [1.82, 2.24) is 0 Å². The summed E-state index contributed by atoms with van der Waals surface area (Å²) in [7, 11) is -1.29. The van der Waals surface area contributed by atoms with E-state index in [2.05, 4.69) is 31.8 Å². The molecule has 1 unspecified atom stereocenters. The molecule has 1 N–H and O–H groups in total. The SMILES string of the molecule is CC(C)C(C(=O)O)c1ccc([Si](C)(C)C)cc1. The second kappa shape index (κ2) is 5.04. The largest absolute Gasteiger partial charge is 0.481 e. The second-order valence-corrected chi connectivity index (χ2v) is 11.0. The van der Waals surface area contributed by atoms with Crippen molar-refractivity contribution < 1.29 is 9.90 Å². The van der Waals surface area contributed by atoms with Gasteiger partial charge in [-0.1, -0.05) is 62.9 Å². The molecule has 94 valence electrons. The number of hydrogen-bond donors (Lipinski definition) is 1. The first-order valence-corrected chi connectivity index (χ1v) is 9.56. The summed E-state index contributed by atoms with van der Waals surface area (Å²) in [5, 5.41) is 10.6. The molecule has 0 spiro atoms. The molecule has 0 bridgehead atoms. The molecular formula is C14H22O2Si. The van der Waals surface area contributed by atoms with Gasteiger partial charge in [0.25, 0.3) is 0 Å². The van der Waals surface area contributed by atoms with Crippen LogP contribution in [0.25, 0.3) is 0 Å². The zero-order valence-corrected chi connectivity index (χ0v) is 12.3. The van der Waals surface area contributed by atoms with Crippen molar-refractivity contribution in [2.24, 2.45) is 5.92 Å². The van der Waals surface area contributed by atoms with Gasteiger partial charge in [0, 0.05) is 0 Å². The highest BCUT2D eigenvalue weighted by Gasteiger charge is 2.24. The Hall–Kier alpha value is -1.09. The first-order chi connectivity index (χ1) is 7.73. The van der Waals surface area contributed by atoms with Gasteiger partial charge < -0.3 is 5.11 Å². The molecule has 0 heterocycles. The Morgan fingerprint density at radius 2 is 1.59 bits per heavy atom. The minimum absolute atomic E-state index is 0.116. The highest BCUT2D eigenvalue weighted by Crippen LogP contribution is 2.24. The van der Waals surface area contributed by atoms with Crippen LogP contribution >= 0.6 is 0 Å². The molecule has 1 atom stereocenters. The van der Waals surface area contributed by atoms with Crippen LogP contribution in [0.5, 0.6) is 0 Å². The van der Waals surface area contributed by atoms with Crippen molar-refractivity contribution in [3.8, 4) is 0 Å². The highest BCUT2D eigenvalue weighted by atomic mass is 28.3. The molecule has 0 saturated heterocycles. The zero-order chi connectivity index (χ0) is 13.2. The lowest BCUT2D eigenvalue weighted by Gasteiger charge is -2.20. The van der Waals surface area contributed by atoms with E-state index in [0.29, 0.717) is 0 Å². The van der Waals surface area contributed by atoms with Crippen LogP contribution in [-0.4, -0.2) is 19.1 Å². The van der Waals surface area contributed by atoms with E-state index in [1.54, 1.807) is 0 Å². The molecule has 1 rings (SSSR count). The standard InChI is InChI=1S/C14H22O2Si/c1-10(2)13(14(15)16)11-6-8-12(9-7-11)17(3,4)5/h6-10,13H,1-5H3,(H,15,16). The summed E-state index contributed by atoms with van der Waals surface area (Å²) in [6.45, 7) is 10.8. The number of rotatable bonds is 4. The summed E-state index contributed by atoms with van der Waals surface area (Å²) in [5.41, 5.74) is 0.912. The van der Waals surface area contributed by atoms with E-state index in [-0.39, 0.29) is 5.92 Å². The third kappa shape index (κ3) is 3.43. The summed E-state index contributed by atoms with van der Waals surface area (Å²) in [6, 6.07) is 8.15. The van der Waals surface area contributed by atoms with Gasteiger partial charge in [-0.05, 0) is 11.5 Å². The predicted molar refractivity (Wildman–Crippen MR) is 74.6 cm³/mol. The highest BCUT2D eigenvalue weighted by molar-refractivity contribution is 6.88. The maximum absolute atomic E-state index is 11.2. The van der Waals surface area contributed by atoms with E-state index < -0.39 is 20.0 Å². The molecule has 0 saturated carbocycles. The topological polar surface area (TPSA) is 37.3 Å². The van der Waals surface area contributed by atoms with E-state index in [9.17, 15) is 9.90 Å². The van der Waals surface area contributed by atoms with Crippen LogP contribution in [0.4, 0.5) is 0 Å². The van der Waals surface area contributed by atoms with Gasteiger partial charge in [-0.2, -0.15) is 0 Å². The summed E-state index contributed by atoms with van der Waals surface area (Å²) in [6.07, 6.45) is 0. The van der Waals surface area contributed by atoms with E-state index in [1.165, 1.54) is 5.19 Å². The number of carboxylic acids is 1. The van der Waals surface area contributed by atoms with E-state index in [0.717, 1.165) is 5.56 Å². The normalized spacial score (nSPS) is 13.8. The molecule has 0 aliphatic heterocycles. The lowest BCUT2D eigenvalue weighted by Crippen LogP contribution is -2.37. The van der Waals surface area contributed by atoms with Gasteiger partial charge in [-0.3, -0.25) is 4.79 Å². The van der Waals surface area contributed by atoms with Crippen molar-refractivity contribution in [1.29, 1.82) is 0 Å². The first kappa shape index (κ1) is 14.0. The lowest BCUT2D eigenvalue weighted by molar-refractivity contribution is -0.139. The predicted octanol–water partition coefficient (Wildman–Crippen LogP) is 3.06. The van der Waals surface area contributed by atoms with Crippen LogP contribution in [0, 0.1) is 5.92 Å². The van der Waals surface area contributed by atoms with Gasteiger partial charge in [-0.25, -0.2) is 0 Å². The van der Waals surface area contributed by atoms with Crippen LogP contribution in [0.3, 0.4) is 0 Å². The third-order valence-electron chi connectivity index (χ3n) is 3.07. The van der Waals surface area contributed by atoms with Crippen LogP contribution in [0.15, 0.2) is 24.3 Å². The quantitative estimate of drug-likeness (QED) is 0.834. The van der Waals surface area contributed by atoms with E-state index >= 15 is 0 Å². The Labute approximate surface area is 105 Å². The van der Waals surface area contributed by atoms with Gasteiger partial charge in [0.1, 0.15) is 0 Å². The summed E-state index contributed by atoms with van der Waals surface area (Å²) in [4.78, 5) is 11.2. The smallest absolute Gasteiger partial charge is 0.311 e. The second-order valence-electron chi connectivity index (χ2n) is 5.93. The van der Waals surface area contributed by atoms with Crippen LogP contribution in [-0.2, 0) is 4.79 Å². The molecule has 0 aliphatic carbocycles. The zero-order valence-electron chi connectivity index (χ0n) is 11.3. The Morgan fingerprint density at radius 3 is 1.88 bits per heavy atom. The first-order valence-electron chi connectivity index (χ1n) is 6.06. The average Bonchev–Trinajstić information content (AvgIpc) is 2.15. The molecule has 1 aromatic carbocycles.